The van der Waals surface area contributed by atoms with E-state index in [1.807, 2.05) is 13.8 Å². The highest BCUT2D eigenvalue weighted by Crippen LogP contribution is 2.13. The van der Waals surface area contributed by atoms with Gasteiger partial charge in [0.05, 0.1) is 17.5 Å². The number of rotatable bonds is 6. The Morgan fingerprint density at radius 3 is 2.81 bits per heavy atom. The summed E-state index contributed by atoms with van der Waals surface area (Å²) in [5.74, 6) is 2.05. The number of hydrogen-bond donors (Lipinski definition) is 1. The molecule has 2 heterocycles. The maximum Gasteiger partial charge on any atom is 0.230 e. The van der Waals surface area contributed by atoms with Crippen molar-refractivity contribution < 1.29 is 4.79 Å². The van der Waals surface area contributed by atoms with E-state index in [4.69, 9.17) is 0 Å². The number of tetrazole rings is 1. The molecule has 1 amide bonds. The number of nitrogens with zero attached hydrogens (tertiary/aromatic N) is 5. The van der Waals surface area contributed by atoms with Crippen LogP contribution < -0.4 is 5.32 Å². The number of likely N-dealkylation sites (tertiary alicyclic amines) is 1. The molecule has 8 heteroatoms. The first kappa shape index (κ1) is 16.2. The van der Waals surface area contributed by atoms with Crippen LogP contribution in [0.2, 0.25) is 0 Å². The summed E-state index contributed by atoms with van der Waals surface area (Å²) in [6.45, 7) is 6.19. The summed E-state index contributed by atoms with van der Waals surface area (Å²) in [5.41, 5.74) is 0. The van der Waals surface area contributed by atoms with Crippen LogP contribution in [0, 0.1) is 0 Å². The van der Waals surface area contributed by atoms with Gasteiger partial charge in [-0.1, -0.05) is 0 Å². The fraction of sp³-hybridized carbons (Fsp3) is 0.846. The molecule has 0 bridgehead atoms. The molecule has 0 radical (unpaired) electrons. The van der Waals surface area contributed by atoms with E-state index in [9.17, 15) is 4.79 Å². The van der Waals surface area contributed by atoms with Gasteiger partial charge in [0.1, 0.15) is 0 Å². The molecule has 1 aliphatic rings. The van der Waals surface area contributed by atoms with E-state index in [-0.39, 0.29) is 11.9 Å². The molecule has 7 nitrogen and oxygen atoms in total. The Hall–Kier alpha value is -1.15. The molecule has 1 aromatic heterocycles. The molecule has 0 unspecified atom stereocenters. The quantitative estimate of drug-likeness (QED) is 0.833. The number of amides is 1. The average molecular weight is 312 g/mol. The molecule has 1 N–H and O–H groups in total. The second kappa shape index (κ2) is 7.74. The molecule has 0 saturated carbocycles. The van der Waals surface area contributed by atoms with Gasteiger partial charge in [-0.25, -0.2) is 4.68 Å². The Morgan fingerprint density at radius 2 is 2.14 bits per heavy atom. The van der Waals surface area contributed by atoms with Gasteiger partial charge >= 0.3 is 0 Å². The van der Waals surface area contributed by atoms with Gasteiger partial charge in [-0.15, -0.1) is 16.9 Å². The minimum Gasteiger partial charge on any atom is -0.353 e. The largest absolute Gasteiger partial charge is 0.353 e. The van der Waals surface area contributed by atoms with Crippen LogP contribution in [0.25, 0.3) is 0 Å². The third-order valence-electron chi connectivity index (χ3n) is 3.60. The molecule has 118 valence electrons. The smallest absolute Gasteiger partial charge is 0.230 e. The summed E-state index contributed by atoms with van der Waals surface area (Å²) in [5, 5.41) is 14.8. The predicted octanol–water partition coefficient (Wildman–Crippen LogP) is 0.698. The van der Waals surface area contributed by atoms with E-state index in [1.54, 1.807) is 16.4 Å². The maximum atomic E-state index is 11.9. The van der Waals surface area contributed by atoms with Crippen molar-refractivity contribution in [1.29, 1.82) is 0 Å². The number of hydrogen-bond acceptors (Lipinski definition) is 6. The first-order chi connectivity index (χ1) is 10.1. The Balaban J connectivity index is 1.68. The van der Waals surface area contributed by atoms with E-state index in [0.717, 1.165) is 31.8 Å². The van der Waals surface area contributed by atoms with E-state index >= 15 is 0 Å². The molecule has 21 heavy (non-hydrogen) atoms. The number of piperidine rings is 1. The third kappa shape index (κ3) is 4.96. The summed E-state index contributed by atoms with van der Waals surface area (Å²) in [4.78, 5) is 14.2. The normalized spacial score (nSPS) is 17.3. The minimum atomic E-state index is 0.109. The fourth-order valence-electron chi connectivity index (χ4n) is 2.37. The van der Waals surface area contributed by atoms with Crippen LogP contribution >= 0.6 is 11.8 Å². The average Bonchev–Trinajstić information content (AvgIpc) is 2.90. The van der Waals surface area contributed by atoms with Gasteiger partial charge in [0.2, 0.25) is 5.91 Å². The lowest BCUT2D eigenvalue weighted by Gasteiger charge is -2.29. The van der Waals surface area contributed by atoms with Crippen LogP contribution in [-0.4, -0.2) is 62.9 Å². The van der Waals surface area contributed by atoms with Crippen molar-refractivity contribution in [2.24, 2.45) is 0 Å². The highest BCUT2D eigenvalue weighted by molar-refractivity contribution is 7.99. The zero-order chi connectivity index (χ0) is 15.2. The lowest BCUT2D eigenvalue weighted by molar-refractivity contribution is -0.119. The molecule has 0 atom stereocenters. The standard InChI is InChI=1S/C13H24N6OS/c1-10(2)19-12(15-16-17-19)8-21-9-13(20)14-11-4-6-18(3)7-5-11/h10-11H,4-9H2,1-3H3,(H,14,20). The summed E-state index contributed by atoms with van der Waals surface area (Å²) in [7, 11) is 2.12. The van der Waals surface area contributed by atoms with Crippen LogP contribution in [0.3, 0.4) is 0 Å². The zero-order valence-electron chi connectivity index (χ0n) is 12.9. The molecule has 2 rings (SSSR count). The van der Waals surface area contributed by atoms with Crippen LogP contribution in [0.5, 0.6) is 0 Å². The fourth-order valence-corrected chi connectivity index (χ4v) is 3.11. The molecule has 0 spiro atoms. The van der Waals surface area contributed by atoms with Crippen molar-refractivity contribution in [3.63, 3.8) is 0 Å². The second-order valence-corrected chi connectivity index (χ2v) is 6.76. The number of thioether (sulfide) groups is 1. The Bertz CT molecular complexity index is 455. The number of carbonyl (C=O) groups excluding carboxylic acids is 1. The lowest BCUT2D eigenvalue weighted by Crippen LogP contribution is -2.43. The van der Waals surface area contributed by atoms with Crippen LogP contribution in [0.4, 0.5) is 0 Å². The highest BCUT2D eigenvalue weighted by Gasteiger charge is 2.18. The van der Waals surface area contributed by atoms with Crippen molar-refractivity contribution in [3.05, 3.63) is 5.82 Å². The Labute approximate surface area is 129 Å². The zero-order valence-corrected chi connectivity index (χ0v) is 13.8. The Morgan fingerprint density at radius 1 is 1.43 bits per heavy atom. The number of carbonyl (C=O) groups is 1. The van der Waals surface area contributed by atoms with Gasteiger partial charge in [-0.05, 0) is 57.3 Å². The second-order valence-electron chi connectivity index (χ2n) is 5.77. The first-order valence-electron chi connectivity index (χ1n) is 7.38. The summed E-state index contributed by atoms with van der Waals surface area (Å²) in [6, 6.07) is 0.568. The van der Waals surface area contributed by atoms with Crippen molar-refractivity contribution in [1.82, 2.24) is 30.4 Å². The van der Waals surface area contributed by atoms with Gasteiger partial charge in [0.15, 0.2) is 5.82 Å². The van der Waals surface area contributed by atoms with Crippen molar-refractivity contribution in [3.8, 4) is 0 Å². The highest BCUT2D eigenvalue weighted by atomic mass is 32.2. The van der Waals surface area contributed by atoms with Crippen LogP contribution in [-0.2, 0) is 10.5 Å². The molecule has 1 saturated heterocycles. The van der Waals surface area contributed by atoms with Gasteiger partial charge in [-0.3, -0.25) is 4.79 Å². The lowest BCUT2D eigenvalue weighted by atomic mass is 10.1. The molecule has 1 fully saturated rings. The topological polar surface area (TPSA) is 75.9 Å². The number of aromatic nitrogens is 4. The third-order valence-corrected chi connectivity index (χ3v) is 4.53. The van der Waals surface area contributed by atoms with Crippen molar-refractivity contribution in [2.75, 3.05) is 25.9 Å². The van der Waals surface area contributed by atoms with Crippen molar-refractivity contribution >= 4 is 17.7 Å². The molecule has 1 aromatic rings. The van der Waals surface area contributed by atoms with E-state index in [0.29, 0.717) is 17.5 Å². The predicted molar refractivity (Wildman–Crippen MR) is 83.0 cm³/mol. The molecule has 0 aliphatic carbocycles. The Kier molecular flexibility index (Phi) is 5.98. The maximum absolute atomic E-state index is 11.9. The molecule has 0 aromatic carbocycles. The van der Waals surface area contributed by atoms with Gasteiger partial charge < -0.3 is 10.2 Å². The SMILES string of the molecule is CC(C)n1nnnc1CSCC(=O)NC1CCN(C)CC1. The molecular formula is C13H24N6OS. The van der Waals surface area contributed by atoms with Gasteiger partial charge in [-0.2, -0.15) is 0 Å². The van der Waals surface area contributed by atoms with E-state index in [1.165, 1.54) is 0 Å². The monoisotopic (exact) mass is 312 g/mol. The van der Waals surface area contributed by atoms with E-state index < -0.39 is 0 Å². The molecule has 1 aliphatic heterocycles. The minimum absolute atomic E-state index is 0.109. The van der Waals surface area contributed by atoms with Gasteiger partial charge in [0, 0.05) is 6.04 Å². The summed E-state index contributed by atoms with van der Waals surface area (Å²) >= 11 is 1.55. The van der Waals surface area contributed by atoms with Crippen LogP contribution in [0.15, 0.2) is 0 Å². The molecular weight excluding hydrogens is 288 g/mol. The van der Waals surface area contributed by atoms with Crippen LogP contribution in [0.1, 0.15) is 38.6 Å². The first-order valence-corrected chi connectivity index (χ1v) is 8.54. The van der Waals surface area contributed by atoms with Gasteiger partial charge in [0.25, 0.3) is 0 Å². The van der Waals surface area contributed by atoms with E-state index in [2.05, 4.69) is 32.8 Å². The summed E-state index contributed by atoms with van der Waals surface area (Å²) < 4.78 is 1.79. The summed E-state index contributed by atoms with van der Waals surface area (Å²) in [6.07, 6.45) is 2.08. The number of nitrogens with one attached hydrogen (secondary N) is 1. The van der Waals surface area contributed by atoms with Crippen molar-refractivity contribution in [2.45, 2.75) is 44.5 Å².